The molecule has 4 nitrogen and oxygen atoms in total. The van der Waals surface area contributed by atoms with E-state index in [4.69, 9.17) is 4.74 Å². The zero-order chi connectivity index (χ0) is 10.6. The zero-order valence-electron chi connectivity index (χ0n) is 9.30. The first-order valence-corrected chi connectivity index (χ1v) is 5.25. The van der Waals surface area contributed by atoms with Crippen molar-refractivity contribution >= 4 is 5.97 Å². The van der Waals surface area contributed by atoms with Crippen LogP contribution in [0.2, 0.25) is 0 Å². The summed E-state index contributed by atoms with van der Waals surface area (Å²) < 4.78 is 5.10. The molecule has 0 aromatic rings. The minimum absolute atomic E-state index is 0.105. The fraction of sp³-hybridized carbons (Fsp3) is 0.900. The number of hydrogen-bond acceptors (Lipinski definition) is 4. The van der Waals surface area contributed by atoms with Crippen molar-refractivity contribution in [2.24, 2.45) is 0 Å². The molecular formula is C10H20N2O2. The van der Waals surface area contributed by atoms with E-state index in [9.17, 15) is 4.79 Å². The summed E-state index contributed by atoms with van der Waals surface area (Å²) in [5.41, 5.74) is -0.459. The van der Waals surface area contributed by atoms with Gasteiger partial charge in [-0.3, -0.25) is 0 Å². The standard InChI is InChI=1S/C10H20N2O2/c1-4-11-10(9(13)14-5-2)6-7-12(3)8-10/h11H,4-8H2,1-3H3. The Morgan fingerprint density at radius 3 is 2.71 bits per heavy atom. The van der Waals surface area contributed by atoms with Gasteiger partial charge in [0.15, 0.2) is 0 Å². The Morgan fingerprint density at radius 2 is 2.29 bits per heavy atom. The van der Waals surface area contributed by atoms with Crippen molar-refractivity contribution in [1.82, 2.24) is 10.2 Å². The molecule has 0 radical (unpaired) electrons. The molecule has 1 rings (SSSR count). The quantitative estimate of drug-likeness (QED) is 0.660. The van der Waals surface area contributed by atoms with E-state index in [-0.39, 0.29) is 5.97 Å². The minimum Gasteiger partial charge on any atom is -0.465 e. The van der Waals surface area contributed by atoms with Gasteiger partial charge in [-0.05, 0) is 26.9 Å². The maximum atomic E-state index is 11.8. The summed E-state index contributed by atoms with van der Waals surface area (Å²) in [5.74, 6) is -0.105. The average molecular weight is 200 g/mol. The van der Waals surface area contributed by atoms with E-state index in [0.717, 1.165) is 26.1 Å². The lowest BCUT2D eigenvalue weighted by molar-refractivity contribution is -0.150. The Hall–Kier alpha value is -0.610. The molecule has 4 heteroatoms. The molecule has 14 heavy (non-hydrogen) atoms. The van der Waals surface area contributed by atoms with Gasteiger partial charge in [-0.25, -0.2) is 4.79 Å². The Balaban J connectivity index is 2.67. The number of carbonyl (C=O) groups is 1. The maximum Gasteiger partial charge on any atom is 0.327 e. The van der Waals surface area contributed by atoms with Crippen molar-refractivity contribution in [2.75, 3.05) is 33.3 Å². The molecule has 1 fully saturated rings. The van der Waals surface area contributed by atoms with E-state index in [1.165, 1.54) is 0 Å². The van der Waals surface area contributed by atoms with Crippen molar-refractivity contribution < 1.29 is 9.53 Å². The summed E-state index contributed by atoms with van der Waals surface area (Å²) in [6.07, 6.45) is 0.843. The molecular weight excluding hydrogens is 180 g/mol. The predicted molar refractivity (Wildman–Crippen MR) is 55.2 cm³/mol. The van der Waals surface area contributed by atoms with Gasteiger partial charge in [-0.2, -0.15) is 0 Å². The molecule has 0 bridgehead atoms. The van der Waals surface area contributed by atoms with Crippen molar-refractivity contribution in [3.63, 3.8) is 0 Å². The molecule has 0 spiro atoms. The summed E-state index contributed by atoms with van der Waals surface area (Å²) in [6.45, 7) is 6.81. The Bertz CT molecular complexity index is 204. The molecule has 1 saturated heterocycles. The highest BCUT2D eigenvalue weighted by molar-refractivity contribution is 5.81. The molecule has 0 aromatic carbocycles. The molecule has 1 aliphatic heterocycles. The SMILES string of the molecule is CCNC1(C(=O)OCC)CCN(C)C1. The van der Waals surface area contributed by atoms with Gasteiger partial charge in [-0.15, -0.1) is 0 Å². The van der Waals surface area contributed by atoms with Gasteiger partial charge < -0.3 is 15.0 Å². The third-order valence-corrected chi connectivity index (χ3v) is 2.64. The topological polar surface area (TPSA) is 41.6 Å². The number of esters is 1. The van der Waals surface area contributed by atoms with Crippen LogP contribution >= 0.6 is 0 Å². The molecule has 1 N–H and O–H groups in total. The van der Waals surface area contributed by atoms with E-state index in [2.05, 4.69) is 10.2 Å². The van der Waals surface area contributed by atoms with Gasteiger partial charge >= 0.3 is 5.97 Å². The maximum absolute atomic E-state index is 11.8. The molecule has 0 aromatic heterocycles. The highest BCUT2D eigenvalue weighted by Gasteiger charge is 2.43. The first kappa shape index (κ1) is 11.5. The number of nitrogens with zero attached hydrogens (tertiary/aromatic N) is 1. The number of likely N-dealkylation sites (tertiary alicyclic amines) is 1. The largest absolute Gasteiger partial charge is 0.465 e. The Morgan fingerprint density at radius 1 is 1.57 bits per heavy atom. The summed E-state index contributed by atoms with van der Waals surface area (Å²) in [4.78, 5) is 13.9. The second kappa shape index (κ2) is 4.75. The molecule has 0 saturated carbocycles. The van der Waals surface area contributed by atoms with Crippen LogP contribution < -0.4 is 5.32 Å². The second-order valence-electron chi connectivity index (χ2n) is 3.82. The van der Waals surface area contributed by atoms with Crippen LogP contribution in [0.5, 0.6) is 0 Å². The number of ether oxygens (including phenoxy) is 1. The molecule has 0 amide bonds. The normalized spacial score (nSPS) is 27.9. The van der Waals surface area contributed by atoms with Crippen LogP contribution in [0.3, 0.4) is 0 Å². The van der Waals surface area contributed by atoms with Gasteiger partial charge in [0.1, 0.15) is 5.54 Å². The van der Waals surface area contributed by atoms with Crippen LogP contribution in [0.4, 0.5) is 0 Å². The summed E-state index contributed by atoms with van der Waals surface area (Å²) in [7, 11) is 2.03. The third kappa shape index (κ3) is 2.25. The zero-order valence-corrected chi connectivity index (χ0v) is 9.30. The van der Waals surface area contributed by atoms with Crippen LogP contribution in [-0.2, 0) is 9.53 Å². The number of carbonyl (C=O) groups excluding carboxylic acids is 1. The monoisotopic (exact) mass is 200 g/mol. The summed E-state index contributed by atoms with van der Waals surface area (Å²) in [5, 5.41) is 3.26. The van der Waals surface area contributed by atoms with E-state index >= 15 is 0 Å². The highest BCUT2D eigenvalue weighted by Crippen LogP contribution is 2.21. The molecule has 82 valence electrons. The van der Waals surface area contributed by atoms with Gasteiger partial charge in [0, 0.05) is 13.1 Å². The average Bonchev–Trinajstić information content (AvgIpc) is 2.50. The van der Waals surface area contributed by atoms with E-state index < -0.39 is 5.54 Å². The number of likely N-dealkylation sites (N-methyl/N-ethyl adjacent to an activating group) is 2. The number of hydrogen-bond donors (Lipinski definition) is 1. The van der Waals surface area contributed by atoms with E-state index in [1.807, 2.05) is 20.9 Å². The second-order valence-corrected chi connectivity index (χ2v) is 3.82. The Labute approximate surface area is 85.6 Å². The van der Waals surface area contributed by atoms with Gasteiger partial charge in [0.25, 0.3) is 0 Å². The fourth-order valence-corrected chi connectivity index (χ4v) is 1.99. The van der Waals surface area contributed by atoms with Gasteiger partial charge in [-0.1, -0.05) is 6.92 Å². The molecule has 1 unspecified atom stereocenters. The van der Waals surface area contributed by atoms with Crippen molar-refractivity contribution in [3.8, 4) is 0 Å². The lowest BCUT2D eigenvalue weighted by Gasteiger charge is -2.27. The summed E-state index contributed by atoms with van der Waals surface area (Å²) in [6, 6.07) is 0. The first-order chi connectivity index (χ1) is 6.64. The first-order valence-electron chi connectivity index (χ1n) is 5.25. The highest BCUT2D eigenvalue weighted by atomic mass is 16.5. The number of nitrogens with one attached hydrogen (secondary N) is 1. The lowest BCUT2D eigenvalue weighted by Crippen LogP contribution is -2.54. The third-order valence-electron chi connectivity index (χ3n) is 2.64. The van der Waals surface area contributed by atoms with Crippen LogP contribution in [0.25, 0.3) is 0 Å². The molecule has 1 heterocycles. The van der Waals surface area contributed by atoms with Gasteiger partial charge in [0.05, 0.1) is 6.61 Å². The van der Waals surface area contributed by atoms with Crippen LogP contribution in [0.1, 0.15) is 20.3 Å². The van der Waals surface area contributed by atoms with Crippen LogP contribution in [0, 0.1) is 0 Å². The minimum atomic E-state index is -0.459. The van der Waals surface area contributed by atoms with Crippen molar-refractivity contribution in [1.29, 1.82) is 0 Å². The molecule has 1 atom stereocenters. The van der Waals surface area contributed by atoms with Crippen LogP contribution in [-0.4, -0.2) is 49.7 Å². The van der Waals surface area contributed by atoms with Crippen molar-refractivity contribution in [3.05, 3.63) is 0 Å². The fourth-order valence-electron chi connectivity index (χ4n) is 1.99. The molecule has 1 aliphatic rings. The Kier molecular flexibility index (Phi) is 3.89. The molecule has 0 aliphatic carbocycles. The smallest absolute Gasteiger partial charge is 0.327 e. The number of rotatable bonds is 4. The lowest BCUT2D eigenvalue weighted by atomic mass is 9.99. The van der Waals surface area contributed by atoms with E-state index in [1.54, 1.807) is 0 Å². The summed E-state index contributed by atoms with van der Waals surface area (Å²) >= 11 is 0. The van der Waals surface area contributed by atoms with E-state index in [0.29, 0.717) is 6.61 Å². The predicted octanol–water partition coefficient (Wildman–Crippen LogP) is 0.233. The van der Waals surface area contributed by atoms with Gasteiger partial charge in [0.2, 0.25) is 0 Å². The van der Waals surface area contributed by atoms with Crippen LogP contribution in [0.15, 0.2) is 0 Å². The van der Waals surface area contributed by atoms with Crippen molar-refractivity contribution in [2.45, 2.75) is 25.8 Å².